The summed E-state index contributed by atoms with van der Waals surface area (Å²) in [6, 6.07) is 0.521. The predicted molar refractivity (Wildman–Crippen MR) is 64.8 cm³/mol. The van der Waals surface area contributed by atoms with E-state index in [-0.39, 0.29) is 0 Å². The van der Waals surface area contributed by atoms with Crippen LogP contribution in [0.1, 0.15) is 33.1 Å². The summed E-state index contributed by atoms with van der Waals surface area (Å²) < 4.78 is 0.777. The van der Waals surface area contributed by atoms with Crippen LogP contribution in [0.2, 0.25) is 0 Å². The van der Waals surface area contributed by atoms with Crippen LogP contribution in [0.3, 0.4) is 0 Å². The molecule has 4 heteroatoms. The van der Waals surface area contributed by atoms with Crippen LogP contribution in [-0.2, 0) is 0 Å². The zero-order valence-electron chi connectivity index (χ0n) is 9.13. The van der Waals surface area contributed by atoms with Crippen molar-refractivity contribution < 1.29 is 0 Å². The normalized spacial score (nSPS) is 24.1. The van der Waals surface area contributed by atoms with Gasteiger partial charge in [0.05, 0.1) is 12.4 Å². The number of hydrogen-bond acceptors (Lipinski definition) is 3. The van der Waals surface area contributed by atoms with E-state index in [1.54, 1.807) is 12.4 Å². The fourth-order valence-electron chi connectivity index (χ4n) is 2.16. The first-order chi connectivity index (χ1) is 7.08. The van der Waals surface area contributed by atoms with Crippen molar-refractivity contribution in [2.45, 2.75) is 39.2 Å². The molecule has 1 aliphatic carbocycles. The Hall–Kier alpha value is -0.640. The molecule has 0 bridgehead atoms. The lowest BCUT2D eigenvalue weighted by Gasteiger charge is -2.28. The van der Waals surface area contributed by atoms with Crippen LogP contribution in [0, 0.1) is 5.41 Å². The molecule has 82 valence electrons. The topological polar surface area (TPSA) is 37.8 Å². The Labute approximate surface area is 98.8 Å². The summed E-state index contributed by atoms with van der Waals surface area (Å²) in [6.45, 7) is 4.62. The zero-order valence-corrected chi connectivity index (χ0v) is 10.7. The molecule has 0 amide bonds. The minimum Gasteiger partial charge on any atom is -0.366 e. The second kappa shape index (κ2) is 4.08. The van der Waals surface area contributed by atoms with E-state index in [4.69, 9.17) is 0 Å². The maximum absolute atomic E-state index is 4.29. The lowest BCUT2D eigenvalue weighted by molar-refractivity contribution is 0.349. The van der Waals surface area contributed by atoms with E-state index in [0.29, 0.717) is 11.5 Å². The van der Waals surface area contributed by atoms with E-state index < -0.39 is 0 Å². The minimum atomic E-state index is 0.370. The van der Waals surface area contributed by atoms with E-state index in [9.17, 15) is 0 Å². The molecule has 1 aromatic rings. The summed E-state index contributed by atoms with van der Waals surface area (Å²) in [5, 5.41) is 3.46. The summed E-state index contributed by atoms with van der Waals surface area (Å²) in [7, 11) is 0. The highest BCUT2D eigenvalue weighted by Crippen LogP contribution is 2.38. The van der Waals surface area contributed by atoms with Gasteiger partial charge in [-0.25, -0.2) is 9.97 Å². The van der Waals surface area contributed by atoms with Crippen molar-refractivity contribution in [1.29, 1.82) is 0 Å². The monoisotopic (exact) mass is 269 g/mol. The molecule has 1 aliphatic rings. The molecule has 2 rings (SSSR count). The molecule has 1 aromatic heterocycles. The maximum Gasteiger partial charge on any atom is 0.144 e. The summed E-state index contributed by atoms with van der Waals surface area (Å²) in [4.78, 5) is 8.45. The van der Waals surface area contributed by atoms with Gasteiger partial charge in [0, 0.05) is 6.04 Å². The number of halogens is 1. The van der Waals surface area contributed by atoms with Crippen LogP contribution in [0.15, 0.2) is 17.0 Å². The largest absolute Gasteiger partial charge is 0.366 e. The van der Waals surface area contributed by atoms with Gasteiger partial charge in [-0.3, -0.25) is 0 Å². The third kappa shape index (κ3) is 2.48. The Balaban J connectivity index is 2.06. The van der Waals surface area contributed by atoms with Crippen LogP contribution in [0.5, 0.6) is 0 Å². The molecule has 1 N–H and O–H groups in total. The van der Waals surface area contributed by atoms with Gasteiger partial charge >= 0.3 is 0 Å². The molecular formula is C11H16BrN3. The quantitative estimate of drug-likeness (QED) is 0.896. The Bertz CT molecular complexity index is 334. The van der Waals surface area contributed by atoms with E-state index in [1.165, 1.54) is 19.3 Å². The van der Waals surface area contributed by atoms with E-state index in [2.05, 4.69) is 45.1 Å². The molecule has 1 heterocycles. The Morgan fingerprint density at radius 3 is 2.73 bits per heavy atom. The van der Waals surface area contributed by atoms with Gasteiger partial charge in [-0.2, -0.15) is 0 Å². The van der Waals surface area contributed by atoms with Crippen LogP contribution in [-0.4, -0.2) is 16.0 Å². The van der Waals surface area contributed by atoms with Crippen LogP contribution < -0.4 is 5.32 Å². The first-order valence-electron chi connectivity index (χ1n) is 5.32. The van der Waals surface area contributed by atoms with Gasteiger partial charge in [0.25, 0.3) is 0 Å². The lowest BCUT2D eigenvalue weighted by Crippen LogP contribution is -2.31. The summed E-state index contributed by atoms with van der Waals surface area (Å²) in [5.41, 5.74) is 0.370. The number of rotatable bonds is 2. The maximum atomic E-state index is 4.29. The molecule has 15 heavy (non-hydrogen) atoms. The highest BCUT2D eigenvalue weighted by atomic mass is 79.9. The third-order valence-electron chi connectivity index (χ3n) is 3.20. The Kier molecular flexibility index (Phi) is 2.96. The van der Waals surface area contributed by atoms with Crippen molar-refractivity contribution in [3.63, 3.8) is 0 Å². The van der Waals surface area contributed by atoms with Gasteiger partial charge in [0.2, 0.25) is 0 Å². The predicted octanol–water partition coefficient (Wildman–Crippen LogP) is 3.23. The number of nitrogens with one attached hydrogen (secondary N) is 1. The van der Waals surface area contributed by atoms with Gasteiger partial charge in [0.15, 0.2) is 0 Å². The van der Waals surface area contributed by atoms with Gasteiger partial charge in [-0.15, -0.1) is 0 Å². The highest BCUT2D eigenvalue weighted by Gasteiger charge is 2.34. The summed E-state index contributed by atoms with van der Waals surface area (Å²) >= 11 is 3.28. The second-order valence-electron chi connectivity index (χ2n) is 4.80. The first-order valence-corrected chi connectivity index (χ1v) is 6.11. The standard InChI is InChI=1S/C11H16BrN3/c1-11(2)5-3-4-8(11)15-10-7-13-9(12)6-14-10/h6-8H,3-5H2,1-2H3,(H,14,15). The number of hydrogen-bond donors (Lipinski definition) is 1. The van der Waals surface area contributed by atoms with Crippen LogP contribution in [0.4, 0.5) is 5.82 Å². The summed E-state index contributed by atoms with van der Waals surface area (Å²) in [6.07, 6.45) is 7.32. The molecule has 3 nitrogen and oxygen atoms in total. The van der Waals surface area contributed by atoms with Crippen molar-refractivity contribution >= 4 is 21.7 Å². The molecule has 1 saturated carbocycles. The minimum absolute atomic E-state index is 0.370. The number of aromatic nitrogens is 2. The van der Waals surface area contributed by atoms with Crippen molar-refractivity contribution in [1.82, 2.24) is 9.97 Å². The fourth-order valence-corrected chi connectivity index (χ4v) is 2.36. The lowest BCUT2D eigenvalue weighted by atomic mass is 9.87. The third-order valence-corrected chi connectivity index (χ3v) is 3.61. The second-order valence-corrected chi connectivity index (χ2v) is 5.61. The van der Waals surface area contributed by atoms with Crippen molar-refractivity contribution in [2.75, 3.05) is 5.32 Å². The SMILES string of the molecule is CC1(C)CCCC1Nc1cnc(Br)cn1. The molecule has 0 aromatic carbocycles. The van der Waals surface area contributed by atoms with Crippen LogP contribution in [0.25, 0.3) is 0 Å². The molecule has 0 saturated heterocycles. The smallest absolute Gasteiger partial charge is 0.144 e. The average Bonchev–Trinajstić information content (AvgIpc) is 2.50. The highest BCUT2D eigenvalue weighted by molar-refractivity contribution is 9.10. The molecule has 0 aliphatic heterocycles. The van der Waals surface area contributed by atoms with Crippen molar-refractivity contribution in [2.24, 2.45) is 5.41 Å². The van der Waals surface area contributed by atoms with Crippen molar-refractivity contribution in [3.8, 4) is 0 Å². The van der Waals surface area contributed by atoms with Gasteiger partial charge in [0.1, 0.15) is 10.4 Å². The van der Waals surface area contributed by atoms with E-state index in [1.807, 2.05) is 0 Å². The molecule has 0 radical (unpaired) electrons. The van der Waals surface area contributed by atoms with Gasteiger partial charge in [-0.05, 0) is 34.2 Å². The van der Waals surface area contributed by atoms with Gasteiger partial charge in [-0.1, -0.05) is 20.3 Å². The Morgan fingerprint density at radius 2 is 2.20 bits per heavy atom. The van der Waals surface area contributed by atoms with E-state index >= 15 is 0 Å². The molecule has 0 spiro atoms. The molecule has 1 fully saturated rings. The Morgan fingerprint density at radius 1 is 1.40 bits per heavy atom. The van der Waals surface area contributed by atoms with Crippen molar-refractivity contribution in [3.05, 3.63) is 17.0 Å². The average molecular weight is 270 g/mol. The first kappa shape index (κ1) is 10.9. The van der Waals surface area contributed by atoms with E-state index in [0.717, 1.165) is 10.4 Å². The molecule has 1 atom stereocenters. The number of nitrogens with zero attached hydrogens (tertiary/aromatic N) is 2. The summed E-state index contributed by atoms with van der Waals surface area (Å²) in [5.74, 6) is 0.873. The molecular weight excluding hydrogens is 254 g/mol. The van der Waals surface area contributed by atoms with Crippen LogP contribution >= 0.6 is 15.9 Å². The zero-order chi connectivity index (χ0) is 10.9. The fraction of sp³-hybridized carbons (Fsp3) is 0.636. The molecule has 1 unspecified atom stereocenters. The number of anilines is 1. The van der Waals surface area contributed by atoms with Gasteiger partial charge < -0.3 is 5.32 Å².